The van der Waals surface area contributed by atoms with Crippen molar-refractivity contribution in [3.05, 3.63) is 77.4 Å². The molecular formula is C51H63N3O14. The van der Waals surface area contributed by atoms with Gasteiger partial charge < -0.3 is 43.7 Å². The molecule has 0 radical (unpaired) electrons. The summed E-state index contributed by atoms with van der Waals surface area (Å²) in [6.45, 7) is 8.46. The molecule has 0 spiro atoms. The molecule has 0 unspecified atom stereocenters. The van der Waals surface area contributed by atoms with Crippen LogP contribution in [0.25, 0.3) is 6.08 Å². The zero-order valence-corrected chi connectivity index (χ0v) is 39.6. The first-order valence-electron chi connectivity index (χ1n) is 23.9. The van der Waals surface area contributed by atoms with Crippen molar-refractivity contribution in [2.24, 2.45) is 22.7 Å². The van der Waals surface area contributed by atoms with Crippen LogP contribution in [0.2, 0.25) is 0 Å². The summed E-state index contributed by atoms with van der Waals surface area (Å²) in [5.74, 6) is -4.18. The second-order valence-corrected chi connectivity index (χ2v) is 21.2. The number of likely N-dealkylation sites (N-methyl/N-ethyl adjacent to an activating group) is 1. The molecule has 3 aliphatic carbocycles. The van der Waals surface area contributed by atoms with E-state index in [1.807, 2.05) is 36.4 Å². The van der Waals surface area contributed by atoms with Crippen LogP contribution in [0.3, 0.4) is 0 Å². The number of hydrogen-bond acceptors (Lipinski definition) is 15. The van der Waals surface area contributed by atoms with Crippen LogP contribution in [0.4, 0.5) is 0 Å². The standard InChI is InChI=1S/C51H63N3O14/c1-48(2,3)65-38(57)23-21-34(27-55)52-44(58)35(24-29-12-8-7-9-13-29)53(6)47(61)50-25-36-39-40(67-51(66-39,32-17-18-32)33-19-20-33)42(50)68-54(41(50)45(59)63-36)26-31-15-11-10-14-30(31)16-22-37(56)64-43-46(60)62-28-49(43,4)5/h7-16,22,32-36,39-43,55H,17-21,23-28H2,1-6H3,(H,52,58)/t34-,35+,36+,39-,40-,41-,42+,43-,50-/m0/s1. The van der Waals surface area contributed by atoms with Crippen LogP contribution in [0.5, 0.6) is 0 Å². The van der Waals surface area contributed by atoms with Gasteiger partial charge in [-0.2, -0.15) is 5.06 Å². The van der Waals surface area contributed by atoms with Crippen molar-refractivity contribution >= 4 is 41.8 Å². The molecule has 3 saturated carbocycles. The Bertz CT molecular complexity index is 2310. The fourth-order valence-corrected chi connectivity index (χ4v) is 10.8. The van der Waals surface area contributed by atoms with Gasteiger partial charge in [-0.1, -0.05) is 68.4 Å². The molecule has 2 aromatic rings. The molecule has 9 rings (SSSR count). The fraction of sp³-hybridized carbons (Fsp3) is 0.608. The molecular weight excluding hydrogens is 879 g/mol. The van der Waals surface area contributed by atoms with E-state index in [9.17, 15) is 29.1 Å². The van der Waals surface area contributed by atoms with Crippen LogP contribution in [0.1, 0.15) is 96.3 Å². The van der Waals surface area contributed by atoms with Crippen LogP contribution in [0, 0.1) is 22.7 Å². The summed E-state index contributed by atoms with van der Waals surface area (Å²) in [6.07, 6.45) is 2.17. The highest BCUT2D eigenvalue weighted by Crippen LogP contribution is 2.64. The molecule has 4 aliphatic heterocycles. The van der Waals surface area contributed by atoms with Crippen molar-refractivity contribution in [3.8, 4) is 0 Å². The largest absolute Gasteiger partial charge is 0.462 e. The molecule has 17 heteroatoms. The lowest BCUT2D eigenvalue weighted by Gasteiger charge is -2.50. The van der Waals surface area contributed by atoms with E-state index in [2.05, 4.69) is 5.32 Å². The molecule has 2 bridgehead atoms. The third-order valence-electron chi connectivity index (χ3n) is 14.5. The van der Waals surface area contributed by atoms with Crippen LogP contribution >= 0.6 is 0 Å². The quantitative estimate of drug-likeness (QED) is 0.131. The monoisotopic (exact) mass is 941 g/mol. The predicted octanol–water partition coefficient (Wildman–Crippen LogP) is 3.96. The highest BCUT2D eigenvalue weighted by molar-refractivity contribution is 5.96. The number of nitrogens with one attached hydrogen (secondary N) is 1. The number of nitrogens with zero attached hydrogens (tertiary/aromatic N) is 2. The van der Waals surface area contributed by atoms with Gasteiger partial charge in [0.05, 0.1) is 19.2 Å². The number of carbonyl (C=O) groups is 6. The van der Waals surface area contributed by atoms with E-state index < -0.39 is 113 Å². The lowest BCUT2D eigenvalue weighted by atomic mass is 9.62. The van der Waals surface area contributed by atoms with Crippen LogP contribution in [0.15, 0.2) is 60.7 Å². The molecule has 2 N–H and O–H groups in total. The van der Waals surface area contributed by atoms with Crippen molar-refractivity contribution in [1.29, 1.82) is 0 Å². The Kier molecular flexibility index (Phi) is 12.9. The summed E-state index contributed by atoms with van der Waals surface area (Å²) >= 11 is 0. The van der Waals surface area contributed by atoms with Gasteiger partial charge in [0.25, 0.3) is 0 Å². The van der Waals surface area contributed by atoms with Gasteiger partial charge in [-0.15, -0.1) is 0 Å². The fourth-order valence-electron chi connectivity index (χ4n) is 10.8. The molecule has 68 heavy (non-hydrogen) atoms. The van der Waals surface area contributed by atoms with E-state index in [1.165, 1.54) is 16.0 Å². The summed E-state index contributed by atoms with van der Waals surface area (Å²) in [4.78, 5) is 91.6. The average Bonchev–Trinajstić information content (AvgIpc) is 4.24. The molecule has 0 aromatic heterocycles. The zero-order chi connectivity index (χ0) is 48.3. The van der Waals surface area contributed by atoms with Gasteiger partial charge >= 0.3 is 23.9 Å². The van der Waals surface area contributed by atoms with Crippen molar-refractivity contribution < 1.29 is 67.1 Å². The number of esters is 4. The number of fused-ring (bicyclic) bond motifs is 4. The van der Waals surface area contributed by atoms with Gasteiger partial charge in [-0.25, -0.2) is 9.59 Å². The molecule has 7 aliphatic rings. The number of aliphatic hydroxyl groups excluding tert-OH is 1. The smallest absolute Gasteiger partial charge is 0.348 e. The maximum Gasteiger partial charge on any atom is 0.348 e. The zero-order valence-electron chi connectivity index (χ0n) is 39.6. The first-order chi connectivity index (χ1) is 32.3. The summed E-state index contributed by atoms with van der Waals surface area (Å²) in [5, 5.41) is 14.8. The molecule has 2 aromatic carbocycles. The minimum absolute atomic E-state index is 0.0321. The van der Waals surface area contributed by atoms with E-state index in [1.54, 1.807) is 65.9 Å². The number of rotatable bonds is 17. The molecule has 4 heterocycles. The van der Waals surface area contributed by atoms with Crippen molar-refractivity contribution in [3.63, 3.8) is 0 Å². The molecule has 366 valence electrons. The predicted molar refractivity (Wildman–Crippen MR) is 240 cm³/mol. The molecule has 9 atom stereocenters. The van der Waals surface area contributed by atoms with Gasteiger partial charge in [-0.05, 0) is 75.6 Å². The minimum atomic E-state index is -1.62. The Morgan fingerprint density at radius 1 is 0.956 bits per heavy atom. The highest BCUT2D eigenvalue weighted by atomic mass is 16.8. The van der Waals surface area contributed by atoms with E-state index in [-0.39, 0.29) is 50.7 Å². The maximum atomic E-state index is 15.9. The minimum Gasteiger partial charge on any atom is -0.462 e. The van der Waals surface area contributed by atoms with Gasteiger partial charge in [0.1, 0.15) is 48.1 Å². The average molecular weight is 942 g/mol. The molecule has 4 saturated heterocycles. The number of benzene rings is 2. The van der Waals surface area contributed by atoms with Gasteiger partial charge in [0.15, 0.2) is 11.8 Å². The Morgan fingerprint density at radius 2 is 1.63 bits per heavy atom. The molecule has 7 fully saturated rings. The Labute approximate surface area is 396 Å². The SMILES string of the molecule is CN(C(=O)[C@@]12C[C@H]3OC(=O)[C@@H]1N(Cc1ccccc1C=CC(=O)O[C@H]1C(=O)OCC1(C)C)O[C@@H]2[C@H]1OC(C2CC2)(C2CC2)O[C@H]13)[C@H](Cc1ccccc1)C(=O)N[C@H](CO)CCC(=O)OC(C)(C)C. The Hall–Kier alpha value is -5.20. The molecule has 17 nitrogen and oxygen atoms in total. The summed E-state index contributed by atoms with van der Waals surface area (Å²) in [7, 11) is 1.54. The number of cyclic esters (lactones) is 1. The highest BCUT2D eigenvalue weighted by Gasteiger charge is 2.78. The van der Waals surface area contributed by atoms with Gasteiger partial charge in [-0.3, -0.25) is 24.0 Å². The topological polar surface area (TPSA) is 206 Å². The summed E-state index contributed by atoms with van der Waals surface area (Å²) < 4.78 is 36.4. The first-order valence-corrected chi connectivity index (χ1v) is 23.9. The van der Waals surface area contributed by atoms with E-state index in [4.69, 9.17) is 33.3 Å². The maximum absolute atomic E-state index is 15.9. The van der Waals surface area contributed by atoms with Crippen LogP contribution in [-0.4, -0.2) is 131 Å². The van der Waals surface area contributed by atoms with Crippen LogP contribution in [-0.2, 0) is 75.0 Å². The third kappa shape index (κ3) is 9.19. The summed E-state index contributed by atoms with van der Waals surface area (Å²) in [6, 6.07) is 13.1. The Morgan fingerprint density at radius 3 is 2.28 bits per heavy atom. The lowest BCUT2D eigenvalue weighted by Crippen LogP contribution is -2.70. The van der Waals surface area contributed by atoms with Crippen molar-refractivity contribution in [1.82, 2.24) is 15.3 Å². The van der Waals surface area contributed by atoms with Crippen molar-refractivity contribution in [2.45, 2.75) is 153 Å². The van der Waals surface area contributed by atoms with E-state index >= 15 is 4.79 Å². The second kappa shape index (κ2) is 18.3. The van der Waals surface area contributed by atoms with Crippen molar-refractivity contribution in [2.75, 3.05) is 20.3 Å². The number of amides is 2. The Balaban J connectivity index is 1.03. The van der Waals surface area contributed by atoms with Gasteiger partial charge in [0, 0.05) is 49.6 Å². The number of ether oxygens (including phenoxy) is 6. The number of carbonyl (C=O) groups excluding carboxylic acids is 6. The summed E-state index contributed by atoms with van der Waals surface area (Å²) in [5.41, 5.74) is -1.05. The lowest BCUT2D eigenvalue weighted by molar-refractivity contribution is -0.235. The van der Waals surface area contributed by atoms with Gasteiger partial charge in [0.2, 0.25) is 17.9 Å². The first kappa shape index (κ1) is 47.8. The third-order valence-corrected chi connectivity index (χ3v) is 14.5. The molecule has 2 amide bonds. The van der Waals surface area contributed by atoms with E-state index in [0.717, 1.165) is 31.2 Å². The van der Waals surface area contributed by atoms with Crippen LogP contribution < -0.4 is 5.32 Å². The number of aliphatic hydroxyl groups is 1. The number of hydrogen-bond donors (Lipinski definition) is 2. The normalized spacial score (nSPS) is 29.9. The number of hydroxylamine groups is 2. The van der Waals surface area contributed by atoms with E-state index in [0.29, 0.717) is 11.1 Å². The second-order valence-electron chi connectivity index (χ2n) is 21.2.